The molecular formula is C43H81NO8. The molecular weight excluding hydrogens is 658 g/mol. The molecule has 1 fully saturated rings. The van der Waals surface area contributed by atoms with Gasteiger partial charge in [0, 0.05) is 6.42 Å². The molecule has 1 saturated heterocycles. The summed E-state index contributed by atoms with van der Waals surface area (Å²) in [6, 6.07) is -0.815. The Kier molecular flexibility index (Phi) is 32.0. The molecule has 1 amide bonds. The first kappa shape index (κ1) is 48.7. The average molecular weight is 740 g/mol. The first-order valence-electron chi connectivity index (χ1n) is 21.6. The van der Waals surface area contributed by atoms with Gasteiger partial charge in [0.05, 0.1) is 25.4 Å². The Morgan fingerprint density at radius 1 is 0.635 bits per heavy atom. The van der Waals surface area contributed by atoms with Gasteiger partial charge >= 0.3 is 0 Å². The number of carbonyl (C=O) groups is 1. The maximum atomic E-state index is 12.9. The lowest BCUT2D eigenvalue weighted by Crippen LogP contribution is -2.60. The molecule has 0 aromatic heterocycles. The SMILES string of the molecule is CCCCCCCCC/C=C/CC/C=C/[C@@H](O)[C@H](CO[C@H]1O[C@@H](CO)[C@H](O)C(O)C1O)NC(=O)CCCCCCCCCCCCCCCCCC. The molecule has 0 bridgehead atoms. The molecule has 0 aromatic rings. The van der Waals surface area contributed by atoms with Crippen LogP contribution in [0.3, 0.4) is 0 Å². The molecule has 9 nitrogen and oxygen atoms in total. The normalized spacial score (nSPS) is 22.0. The van der Waals surface area contributed by atoms with E-state index in [1.165, 1.54) is 128 Å². The van der Waals surface area contributed by atoms with Gasteiger partial charge < -0.3 is 40.3 Å². The van der Waals surface area contributed by atoms with Gasteiger partial charge in [0.25, 0.3) is 0 Å². The van der Waals surface area contributed by atoms with Gasteiger partial charge in [-0.1, -0.05) is 173 Å². The van der Waals surface area contributed by atoms with Crippen molar-refractivity contribution in [1.82, 2.24) is 5.32 Å². The van der Waals surface area contributed by atoms with E-state index in [2.05, 4.69) is 31.3 Å². The first-order valence-corrected chi connectivity index (χ1v) is 21.6. The number of nitrogens with one attached hydrogen (secondary N) is 1. The van der Waals surface area contributed by atoms with E-state index in [1.807, 2.05) is 6.08 Å². The Hall–Kier alpha value is -1.33. The van der Waals surface area contributed by atoms with Crippen molar-refractivity contribution in [2.45, 2.75) is 230 Å². The highest BCUT2D eigenvalue weighted by Gasteiger charge is 2.44. The lowest BCUT2D eigenvalue weighted by atomic mass is 9.99. The number of unbranched alkanes of at least 4 members (excludes halogenated alkanes) is 23. The maximum absolute atomic E-state index is 12.9. The minimum atomic E-state index is -1.57. The predicted octanol–water partition coefficient (Wildman–Crippen LogP) is 8.33. The Labute approximate surface area is 318 Å². The zero-order valence-corrected chi connectivity index (χ0v) is 33.3. The summed E-state index contributed by atoms with van der Waals surface area (Å²) in [6.07, 6.45) is 32.2. The minimum Gasteiger partial charge on any atom is -0.394 e. The van der Waals surface area contributed by atoms with Crippen molar-refractivity contribution in [2.75, 3.05) is 13.2 Å². The summed E-state index contributed by atoms with van der Waals surface area (Å²) in [6.45, 7) is 3.74. The second-order valence-corrected chi connectivity index (χ2v) is 15.1. The molecule has 9 heteroatoms. The second-order valence-electron chi connectivity index (χ2n) is 15.1. The Morgan fingerprint density at radius 2 is 1.10 bits per heavy atom. The molecule has 1 aliphatic heterocycles. The molecule has 0 radical (unpaired) electrons. The van der Waals surface area contributed by atoms with Crippen LogP contribution < -0.4 is 5.32 Å². The van der Waals surface area contributed by atoms with Crippen LogP contribution in [-0.4, -0.2) is 87.5 Å². The quantitative estimate of drug-likeness (QED) is 0.0281. The van der Waals surface area contributed by atoms with Crippen LogP contribution >= 0.6 is 0 Å². The van der Waals surface area contributed by atoms with Crippen molar-refractivity contribution in [3.8, 4) is 0 Å². The molecule has 0 aliphatic carbocycles. The number of aliphatic hydroxyl groups is 5. The van der Waals surface area contributed by atoms with Gasteiger partial charge in [-0.05, 0) is 32.1 Å². The van der Waals surface area contributed by atoms with Crippen LogP contribution in [0.4, 0.5) is 0 Å². The fourth-order valence-electron chi connectivity index (χ4n) is 6.76. The maximum Gasteiger partial charge on any atom is 0.220 e. The second kappa shape index (κ2) is 34.2. The Bertz CT molecular complexity index is 868. The van der Waals surface area contributed by atoms with E-state index >= 15 is 0 Å². The van der Waals surface area contributed by atoms with Crippen LogP contribution in [0, 0.1) is 0 Å². The predicted molar refractivity (Wildman–Crippen MR) is 212 cm³/mol. The van der Waals surface area contributed by atoms with Gasteiger partial charge in [-0.15, -0.1) is 0 Å². The van der Waals surface area contributed by atoms with Crippen molar-refractivity contribution in [3.63, 3.8) is 0 Å². The molecule has 52 heavy (non-hydrogen) atoms. The molecule has 306 valence electrons. The molecule has 0 aromatic carbocycles. The molecule has 7 atom stereocenters. The van der Waals surface area contributed by atoms with E-state index in [4.69, 9.17) is 9.47 Å². The molecule has 1 aliphatic rings. The van der Waals surface area contributed by atoms with E-state index in [0.717, 1.165) is 38.5 Å². The third-order valence-corrected chi connectivity index (χ3v) is 10.3. The zero-order valence-electron chi connectivity index (χ0n) is 33.3. The lowest BCUT2D eigenvalue weighted by molar-refractivity contribution is -0.302. The van der Waals surface area contributed by atoms with E-state index in [-0.39, 0.29) is 12.5 Å². The van der Waals surface area contributed by atoms with Gasteiger partial charge in [0.1, 0.15) is 24.4 Å². The summed E-state index contributed by atoms with van der Waals surface area (Å²) in [5.74, 6) is -0.187. The number of rotatable bonds is 35. The number of hydrogen-bond donors (Lipinski definition) is 6. The Morgan fingerprint density at radius 3 is 1.62 bits per heavy atom. The lowest BCUT2D eigenvalue weighted by Gasteiger charge is -2.40. The van der Waals surface area contributed by atoms with Gasteiger partial charge in [-0.3, -0.25) is 4.79 Å². The molecule has 6 N–H and O–H groups in total. The smallest absolute Gasteiger partial charge is 0.220 e. The number of ether oxygens (including phenoxy) is 2. The summed E-state index contributed by atoms with van der Waals surface area (Å²) in [5, 5.41) is 54.0. The van der Waals surface area contributed by atoms with Gasteiger partial charge in [-0.25, -0.2) is 0 Å². The van der Waals surface area contributed by atoms with E-state index < -0.39 is 49.5 Å². The van der Waals surface area contributed by atoms with E-state index in [9.17, 15) is 30.3 Å². The van der Waals surface area contributed by atoms with Gasteiger partial charge in [0.2, 0.25) is 5.91 Å². The van der Waals surface area contributed by atoms with Crippen LogP contribution in [-0.2, 0) is 14.3 Å². The third kappa shape index (κ3) is 24.9. The van der Waals surface area contributed by atoms with Crippen LogP contribution in [0.25, 0.3) is 0 Å². The minimum absolute atomic E-state index is 0.187. The van der Waals surface area contributed by atoms with E-state index in [0.29, 0.717) is 6.42 Å². The van der Waals surface area contributed by atoms with Crippen LogP contribution in [0.15, 0.2) is 24.3 Å². The summed E-state index contributed by atoms with van der Waals surface area (Å²) in [4.78, 5) is 12.9. The largest absolute Gasteiger partial charge is 0.394 e. The highest BCUT2D eigenvalue weighted by molar-refractivity contribution is 5.76. The van der Waals surface area contributed by atoms with Gasteiger partial charge in [-0.2, -0.15) is 0 Å². The van der Waals surface area contributed by atoms with Crippen LogP contribution in [0.1, 0.15) is 187 Å². The molecule has 1 heterocycles. The standard InChI is InChI=1S/C43H81NO8/c1-3-5-7-9-11-13-15-17-18-19-21-23-25-27-29-31-33-39(47)44-36(35-51-43-42(50)41(49)40(48)38(34-45)52-43)37(46)32-30-28-26-24-22-20-16-14-12-10-8-6-4-2/h22,24,30,32,36-38,40-43,45-46,48-50H,3-21,23,25-29,31,33-35H2,1-2H3,(H,44,47)/b24-22+,32-30+/t36-,37+,38-,40-,41?,42?,43-/m0/s1. The highest BCUT2D eigenvalue weighted by Crippen LogP contribution is 2.22. The fraction of sp³-hybridized carbons (Fsp3) is 0.884. The monoisotopic (exact) mass is 740 g/mol. The zero-order chi connectivity index (χ0) is 38.1. The third-order valence-electron chi connectivity index (χ3n) is 10.3. The Balaban J connectivity index is 2.40. The topological polar surface area (TPSA) is 149 Å². The summed E-state index contributed by atoms with van der Waals surface area (Å²) in [5.41, 5.74) is 0. The molecule has 1 rings (SSSR count). The molecule has 2 unspecified atom stereocenters. The number of aliphatic hydroxyl groups excluding tert-OH is 5. The average Bonchev–Trinajstić information content (AvgIpc) is 3.14. The number of hydrogen-bond acceptors (Lipinski definition) is 8. The van der Waals surface area contributed by atoms with Crippen LogP contribution in [0.2, 0.25) is 0 Å². The van der Waals surface area contributed by atoms with Crippen molar-refractivity contribution in [3.05, 3.63) is 24.3 Å². The fourth-order valence-corrected chi connectivity index (χ4v) is 6.76. The summed E-state index contributed by atoms with van der Waals surface area (Å²) < 4.78 is 11.2. The van der Waals surface area contributed by atoms with Crippen molar-refractivity contribution >= 4 is 5.91 Å². The highest BCUT2D eigenvalue weighted by atomic mass is 16.7. The van der Waals surface area contributed by atoms with Gasteiger partial charge in [0.15, 0.2) is 6.29 Å². The van der Waals surface area contributed by atoms with Crippen molar-refractivity contribution in [2.24, 2.45) is 0 Å². The molecule has 0 saturated carbocycles. The van der Waals surface area contributed by atoms with Crippen LogP contribution in [0.5, 0.6) is 0 Å². The molecule has 0 spiro atoms. The number of carbonyl (C=O) groups excluding carboxylic acids is 1. The number of amides is 1. The number of allylic oxidation sites excluding steroid dienone is 3. The summed E-state index contributed by atoms with van der Waals surface area (Å²) in [7, 11) is 0. The summed E-state index contributed by atoms with van der Waals surface area (Å²) >= 11 is 0. The van der Waals surface area contributed by atoms with Crippen molar-refractivity contribution < 1.29 is 39.8 Å². The first-order chi connectivity index (χ1) is 25.3. The van der Waals surface area contributed by atoms with Crippen molar-refractivity contribution in [1.29, 1.82) is 0 Å². The van der Waals surface area contributed by atoms with E-state index in [1.54, 1.807) is 6.08 Å².